The third kappa shape index (κ3) is 5.69. The molecule has 0 saturated heterocycles. The molecule has 0 saturated carbocycles. The fraction of sp³-hybridized carbons (Fsp3) is 0.240. The van der Waals surface area contributed by atoms with Gasteiger partial charge in [-0.25, -0.2) is 8.42 Å². The van der Waals surface area contributed by atoms with Crippen LogP contribution in [0.3, 0.4) is 0 Å². The van der Waals surface area contributed by atoms with Crippen molar-refractivity contribution in [2.45, 2.75) is 44.0 Å². The highest BCUT2D eigenvalue weighted by atomic mass is 35.5. The fourth-order valence-corrected chi connectivity index (χ4v) is 4.79. The van der Waals surface area contributed by atoms with E-state index in [1.54, 1.807) is 30.3 Å². The minimum atomic E-state index is -3.96. The highest BCUT2D eigenvalue weighted by Gasteiger charge is 2.21. The van der Waals surface area contributed by atoms with Crippen LogP contribution >= 0.6 is 11.6 Å². The molecule has 0 fully saturated rings. The molecule has 3 aromatic rings. The lowest BCUT2D eigenvalue weighted by atomic mass is 9.86. The summed E-state index contributed by atoms with van der Waals surface area (Å²) < 4.78 is 28.1. The molecule has 0 unspecified atom stereocenters. The van der Waals surface area contributed by atoms with Crippen LogP contribution in [0.25, 0.3) is 0 Å². The maximum absolute atomic E-state index is 12.8. The minimum Gasteiger partial charge on any atom is -0.346 e. The molecule has 0 bridgehead atoms. The van der Waals surface area contributed by atoms with Crippen LogP contribution in [0.4, 0.5) is 5.69 Å². The van der Waals surface area contributed by atoms with Crippen molar-refractivity contribution >= 4 is 33.2 Å². The first-order valence-corrected chi connectivity index (χ1v) is 12.1. The van der Waals surface area contributed by atoms with Crippen LogP contribution in [0.15, 0.2) is 77.7 Å². The van der Waals surface area contributed by atoms with Gasteiger partial charge in [-0.3, -0.25) is 9.52 Å². The quantitative estimate of drug-likeness (QED) is 0.468. The number of halogens is 1. The normalized spacial score (nSPS) is 12.8. The highest BCUT2D eigenvalue weighted by Crippen LogP contribution is 2.26. The average Bonchev–Trinajstić information content (AvgIpc) is 2.73. The molecule has 32 heavy (non-hydrogen) atoms. The molecule has 2 N–H and O–H groups in total. The van der Waals surface area contributed by atoms with E-state index in [4.69, 9.17) is 11.6 Å². The smallest absolute Gasteiger partial charge is 0.263 e. The maximum Gasteiger partial charge on any atom is 0.263 e. The van der Waals surface area contributed by atoms with Gasteiger partial charge in [0.2, 0.25) is 0 Å². The number of carbonyl (C=O) groups excluding carboxylic acids is 1. The van der Waals surface area contributed by atoms with Crippen LogP contribution in [-0.2, 0) is 15.4 Å². The molecule has 1 atom stereocenters. The van der Waals surface area contributed by atoms with Crippen LogP contribution in [0, 0.1) is 0 Å². The molecule has 7 heteroatoms. The Balaban J connectivity index is 1.79. The Bertz CT molecular complexity index is 1200. The maximum atomic E-state index is 12.8. The number of rotatable bonds is 6. The van der Waals surface area contributed by atoms with Gasteiger partial charge < -0.3 is 5.32 Å². The number of anilines is 1. The van der Waals surface area contributed by atoms with E-state index in [2.05, 4.69) is 42.9 Å². The zero-order chi connectivity index (χ0) is 23.5. The van der Waals surface area contributed by atoms with Crippen molar-refractivity contribution in [2.75, 3.05) is 4.72 Å². The van der Waals surface area contributed by atoms with E-state index < -0.39 is 10.0 Å². The molecule has 0 aromatic heterocycles. The van der Waals surface area contributed by atoms with Gasteiger partial charge in [0, 0.05) is 11.3 Å². The zero-order valence-electron chi connectivity index (χ0n) is 18.5. The molecule has 0 aliphatic rings. The largest absolute Gasteiger partial charge is 0.346 e. The monoisotopic (exact) mass is 470 g/mol. The summed E-state index contributed by atoms with van der Waals surface area (Å²) in [6, 6.07) is 20.6. The van der Waals surface area contributed by atoms with Crippen LogP contribution in [-0.4, -0.2) is 14.3 Å². The Morgan fingerprint density at radius 1 is 0.938 bits per heavy atom. The molecule has 1 amide bonds. The van der Waals surface area contributed by atoms with Gasteiger partial charge in [-0.2, -0.15) is 0 Å². The molecular formula is C25H27ClN2O3S. The van der Waals surface area contributed by atoms with E-state index in [0.717, 1.165) is 5.56 Å². The van der Waals surface area contributed by atoms with Gasteiger partial charge in [0.1, 0.15) is 4.90 Å². The molecule has 168 valence electrons. The summed E-state index contributed by atoms with van der Waals surface area (Å²) in [6.07, 6.45) is 0. The summed E-state index contributed by atoms with van der Waals surface area (Å²) in [5.74, 6) is -0.384. The first-order valence-electron chi connectivity index (χ1n) is 10.3. The van der Waals surface area contributed by atoms with Crippen molar-refractivity contribution in [1.29, 1.82) is 0 Å². The summed E-state index contributed by atoms with van der Waals surface area (Å²) in [7, 11) is -3.96. The summed E-state index contributed by atoms with van der Waals surface area (Å²) in [5, 5.41) is 2.96. The Hall–Kier alpha value is -2.83. The lowest BCUT2D eigenvalue weighted by molar-refractivity contribution is 0.0939. The van der Waals surface area contributed by atoms with Crippen LogP contribution in [0.2, 0.25) is 5.02 Å². The van der Waals surface area contributed by atoms with Gasteiger partial charge in [0.25, 0.3) is 15.9 Å². The molecule has 0 spiro atoms. The summed E-state index contributed by atoms with van der Waals surface area (Å²) >= 11 is 6.15. The fourth-order valence-electron chi connectivity index (χ4n) is 3.20. The molecule has 3 aromatic carbocycles. The topological polar surface area (TPSA) is 75.3 Å². The number of para-hydroxylation sites is 1. The number of hydrogen-bond acceptors (Lipinski definition) is 3. The van der Waals surface area contributed by atoms with Crippen molar-refractivity contribution in [3.05, 3.63) is 94.5 Å². The number of carbonyl (C=O) groups is 1. The lowest BCUT2D eigenvalue weighted by Gasteiger charge is -2.21. The van der Waals surface area contributed by atoms with Crippen molar-refractivity contribution in [1.82, 2.24) is 5.32 Å². The molecule has 0 aliphatic carbocycles. The number of nitrogens with one attached hydrogen (secondary N) is 2. The number of sulfonamides is 1. The number of amides is 1. The van der Waals surface area contributed by atoms with E-state index in [1.165, 1.54) is 23.8 Å². The van der Waals surface area contributed by atoms with Crippen molar-refractivity contribution in [3.8, 4) is 0 Å². The summed E-state index contributed by atoms with van der Waals surface area (Å²) in [6.45, 7) is 8.32. The van der Waals surface area contributed by atoms with Gasteiger partial charge in [-0.05, 0) is 53.8 Å². The van der Waals surface area contributed by atoms with Gasteiger partial charge in [0.05, 0.1) is 11.1 Å². The predicted molar refractivity (Wildman–Crippen MR) is 130 cm³/mol. The van der Waals surface area contributed by atoms with Crippen molar-refractivity contribution in [2.24, 2.45) is 0 Å². The second-order valence-electron chi connectivity index (χ2n) is 8.68. The van der Waals surface area contributed by atoms with Crippen LogP contribution < -0.4 is 10.0 Å². The molecule has 5 nitrogen and oxygen atoms in total. The van der Waals surface area contributed by atoms with E-state index in [0.29, 0.717) is 5.69 Å². The molecule has 3 rings (SSSR count). The van der Waals surface area contributed by atoms with Crippen molar-refractivity contribution in [3.63, 3.8) is 0 Å². The third-order valence-electron chi connectivity index (χ3n) is 5.13. The second kappa shape index (κ2) is 9.35. The molecule has 0 radical (unpaired) electrons. The zero-order valence-corrected chi connectivity index (χ0v) is 20.1. The van der Waals surface area contributed by atoms with E-state index >= 15 is 0 Å². The van der Waals surface area contributed by atoms with Gasteiger partial charge in [-0.1, -0.05) is 74.8 Å². The second-order valence-corrected chi connectivity index (χ2v) is 10.7. The SMILES string of the molecule is C[C@H](NC(=O)c1ccc(Cl)c(S(=O)(=O)Nc2ccccc2)c1)c1ccc(C(C)(C)C)cc1. The standard InChI is InChI=1S/C25H27ClN2O3S/c1-17(18-10-13-20(14-11-18)25(2,3)4)27-24(29)19-12-15-22(26)23(16-19)32(30,31)28-21-8-6-5-7-9-21/h5-17,28H,1-4H3,(H,27,29)/t17-/m0/s1. The molecule has 0 aliphatic heterocycles. The Morgan fingerprint density at radius 2 is 1.56 bits per heavy atom. The predicted octanol–water partition coefficient (Wildman–Crippen LogP) is 5.93. The highest BCUT2D eigenvalue weighted by molar-refractivity contribution is 7.92. The average molecular weight is 471 g/mol. The first kappa shape index (κ1) is 23.8. The van der Waals surface area contributed by atoms with Crippen LogP contribution in [0.5, 0.6) is 0 Å². The molecular weight excluding hydrogens is 444 g/mol. The lowest BCUT2D eigenvalue weighted by Crippen LogP contribution is -2.27. The third-order valence-corrected chi connectivity index (χ3v) is 7.00. The van der Waals surface area contributed by atoms with E-state index in [-0.39, 0.29) is 32.8 Å². The van der Waals surface area contributed by atoms with Gasteiger partial charge in [-0.15, -0.1) is 0 Å². The Morgan fingerprint density at radius 3 is 2.16 bits per heavy atom. The molecule has 0 heterocycles. The van der Waals surface area contributed by atoms with E-state index in [1.807, 2.05) is 19.1 Å². The summed E-state index contributed by atoms with van der Waals surface area (Å²) in [4.78, 5) is 12.7. The number of hydrogen-bond donors (Lipinski definition) is 2. The van der Waals surface area contributed by atoms with Crippen LogP contribution in [0.1, 0.15) is 55.2 Å². The Kier molecular flexibility index (Phi) is 6.96. The minimum absolute atomic E-state index is 0.0378. The van der Waals surface area contributed by atoms with Gasteiger partial charge >= 0.3 is 0 Å². The van der Waals surface area contributed by atoms with Crippen molar-refractivity contribution < 1.29 is 13.2 Å². The number of benzene rings is 3. The first-order chi connectivity index (χ1) is 15.0. The van der Waals surface area contributed by atoms with Gasteiger partial charge in [0.15, 0.2) is 0 Å². The summed E-state index contributed by atoms with van der Waals surface area (Å²) in [5.41, 5.74) is 2.83. The van der Waals surface area contributed by atoms with E-state index in [9.17, 15) is 13.2 Å². The Labute approximate surface area is 194 Å².